The second-order valence-electron chi connectivity index (χ2n) is 7.13. The quantitative estimate of drug-likeness (QED) is 0.715. The Morgan fingerprint density at radius 1 is 1.04 bits per heavy atom. The van der Waals surface area contributed by atoms with Crippen molar-refractivity contribution in [3.8, 4) is 0 Å². The van der Waals surface area contributed by atoms with Crippen LogP contribution in [0.1, 0.15) is 12.5 Å². The lowest BCUT2D eigenvalue weighted by atomic mass is 10.1. The summed E-state index contributed by atoms with van der Waals surface area (Å²) in [6.45, 7) is 2.75. The van der Waals surface area contributed by atoms with Crippen LogP contribution in [-0.2, 0) is 11.5 Å². The largest absolute Gasteiger partial charge is 0.322 e. The molecule has 27 heavy (non-hydrogen) atoms. The van der Waals surface area contributed by atoms with Gasteiger partial charge >= 0.3 is 0 Å². The van der Waals surface area contributed by atoms with Gasteiger partial charge in [-0.2, -0.15) is 10.1 Å². The average Bonchev–Trinajstić information content (AvgIpc) is 3.15. The van der Waals surface area contributed by atoms with Crippen molar-refractivity contribution in [3.63, 3.8) is 0 Å². The molecule has 0 bridgehead atoms. The Kier molecular flexibility index (Phi) is 4.38. The van der Waals surface area contributed by atoms with E-state index in [1.54, 1.807) is 0 Å². The van der Waals surface area contributed by atoms with Crippen LogP contribution < -0.4 is 9.91 Å². The molecule has 0 saturated heterocycles. The Morgan fingerprint density at radius 2 is 1.74 bits per heavy atom. The van der Waals surface area contributed by atoms with Gasteiger partial charge in [0, 0.05) is 17.1 Å². The standard InChI is InChI=1S/C22H22N4O/c1-16-20(22(27)26(23-16)18-9-5-4-6-10-18)13-17-14-25(15-24(2)3)21-12-8-7-11-19(17)21/h4-14H,15H2,1-3H3/p+1/b20-13+. The summed E-state index contributed by atoms with van der Waals surface area (Å²) in [4.78, 5) is 14.3. The fraction of sp³-hybridized carbons (Fsp3) is 0.182. The molecule has 0 radical (unpaired) electrons. The van der Waals surface area contributed by atoms with Crippen LogP contribution in [0, 0.1) is 0 Å². The van der Waals surface area contributed by atoms with E-state index in [0.717, 1.165) is 29.0 Å². The maximum absolute atomic E-state index is 13.0. The molecule has 0 aliphatic carbocycles. The molecule has 1 aliphatic heterocycles. The maximum Gasteiger partial charge on any atom is 0.280 e. The highest BCUT2D eigenvalue weighted by atomic mass is 16.2. The molecule has 5 heteroatoms. The van der Waals surface area contributed by atoms with Crippen LogP contribution in [-0.4, -0.2) is 30.3 Å². The second-order valence-corrected chi connectivity index (χ2v) is 7.13. The third-order valence-electron chi connectivity index (χ3n) is 4.67. The van der Waals surface area contributed by atoms with E-state index >= 15 is 0 Å². The highest BCUT2D eigenvalue weighted by Crippen LogP contribution is 2.28. The molecule has 5 nitrogen and oxygen atoms in total. The minimum absolute atomic E-state index is 0.0891. The third kappa shape index (κ3) is 3.17. The number of quaternary nitrogens is 1. The summed E-state index contributed by atoms with van der Waals surface area (Å²) in [6, 6.07) is 17.8. The van der Waals surface area contributed by atoms with E-state index < -0.39 is 0 Å². The summed E-state index contributed by atoms with van der Waals surface area (Å²) >= 11 is 0. The molecule has 2 heterocycles. The first-order valence-corrected chi connectivity index (χ1v) is 9.08. The van der Waals surface area contributed by atoms with Gasteiger partial charge in [-0.25, -0.2) is 0 Å². The Hall–Kier alpha value is -3.18. The minimum atomic E-state index is -0.0891. The number of benzene rings is 2. The van der Waals surface area contributed by atoms with Crippen molar-refractivity contribution in [1.82, 2.24) is 4.57 Å². The van der Waals surface area contributed by atoms with E-state index in [1.165, 1.54) is 15.4 Å². The predicted octanol–water partition coefficient (Wildman–Crippen LogP) is 2.55. The number of hydrazone groups is 1. The number of para-hydroxylation sites is 2. The highest BCUT2D eigenvalue weighted by Gasteiger charge is 2.28. The van der Waals surface area contributed by atoms with Crippen LogP contribution in [0.15, 0.2) is 71.5 Å². The lowest BCUT2D eigenvalue weighted by Gasteiger charge is -2.10. The van der Waals surface area contributed by atoms with Crippen molar-refractivity contribution in [2.24, 2.45) is 5.10 Å². The Morgan fingerprint density at radius 3 is 2.48 bits per heavy atom. The molecule has 1 aromatic heterocycles. The number of aromatic nitrogens is 1. The first-order chi connectivity index (χ1) is 13.0. The first kappa shape index (κ1) is 17.2. The number of carbonyl (C=O) groups is 1. The summed E-state index contributed by atoms with van der Waals surface area (Å²) in [6.07, 6.45) is 4.09. The van der Waals surface area contributed by atoms with Crippen LogP contribution in [0.5, 0.6) is 0 Å². The number of rotatable bonds is 4. The SMILES string of the molecule is CC1=NN(c2ccccc2)C(=O)/C1=C/c1cn(C[NH+](C)C)c2ccccc12. The van der Waals surface area contributed by atoms with Crippen molar-refractivity contribution in [2.75, 3.05) is 19.1 Å². The number of amides is 1. The van der Waals surface area contributed by atoms with Crippen LogP contribution >= 0.6 is 0 Å². The fourth-order valence-electron chi connectivity index (χ4n) is 3.45. The van der Waals surface area contributed by atoms with Gasteiger partial charge in [0.05, 0.1) is 36.6 Å². The topological polar surface area (TPSA) is 42.0 Å². The van der Waals surface area contributed by atoms with Crippen LogP contribution in [0.4, 0.5) is 5.69 Å². The van der Waals surface area contributed by atoms with Crippen LogP contribution in [0.3, 0.4) is 0 Å². The number of hydrogen-bond acceptors (Lipinski definition) is 2. The average molecular weight is 359 g/mol. The molecule has 0 unspecified atom stereocenters. The number of nitrogens with zero attached hydrogens (tertiary/aromatic N) is 3. The van der Waals surface area contributed by atoms with Gasteiger partial charge in [-0.1, -0.05) is 36.4 Å². The smallest absolute Gasteiger partial charge is 0.280 e. The van der Waals surface area contributed by atoms with E-state index in [2.05, 4.69) is 42.1 Å². The summed E-state index contributed by atoms with van der Waals surface area (Å²) in [5.41, 5.74) is 4.37. The fourth-order valence-corrected chi connectivity index (χ4v) is 3.45. The normalized spacial score (nSPS) is 16.0. The second kappa shape index (κ2) is 6.85. The van der Waals surface area contributed by atoms with Crippen molar-refractivity contribution < 1.29 is 9.69 Å². The minimum Gasteiger partial charge on any atom is -0.322 e. The molecule has 136 valence electrons. The molecule has 0 fully saturated rings. The molecule has 1 N–H and O–H groups in total. The Labute approximate surface area is 158 Å². The number of nitrogens with one attached hydrogen (secondary N) is 1. The van der Waals surface area contributed by atoms with Gasteiger partial charge in [-0.15, -0.1) is 0 Å². The van der Waals surface area contributed by atoms with E-state index in [0.29, 0.717) is 5.57 Å². The van der Waals surface area contributed by atoms with Gasteiger partial charge in [0.2, 0.25) is 0 Å². The van der Waals surface area contributed by atoms with E-state index in [4.69, 9.17) is 0 Å². The van der Waals surface area contributed by atoms with Gasteiger partial charge in [0.15, 0.2) is 6.67 Å². The molecule has 2 aromatic carbocycles. The summed E-state index contributed by atoms with van der Waals surface area (Å²) in [5, 5.41) is 7.09. The zero-order valence-electron chi connectivity index (χ0n) is 15.8. The number of carbonyl (C=O) groups excluding carboxylic acids is 1. The summed E-state index contributed by atoms with van der Waals surface area (Å²) in [5.74, 6) is -0.0891. The van der Waals surface area contributed by atoms with Gasteiger partial charge in [-0.3, -0.25) is 9.36 Å². The number of hydrogen-bond donors (Lipinski definition) is 1. The summed E-state index contributed by atoms with van der Waals surface area (Å²) in [7, 11) is 4.25. The molecule has 1 aliphatic rings. The number of fused-ring (bicyclic) bond motifs is 1. The van der Waals surface area contributed by atoms with Crippen molar-refractivity contribution >= 4 is 34.3 Å². The zero-order chi connectivity index (χ0) is 19.0. The van der Waals surface area contributed by atoms with Crippen molar-refractivity contribution in [1.29, 1.82) is 0 Å². The van der Waals surface area contributed by atoms with Gasteiger partial charge < -0.3 is 4.90 Å². The molecular formula is C22H23N4O+. The molecule has 3 aromatic rings. The highest BCUT2D eigenvalue weighted by molar-refractivity contribution is 6.32. The monoisotopic (exact) mass is 359 g/mol. The van der Waals surface area contributed by atoms with Crippen LogP contribution in [0.25, 0.3) is 17.0 Å². The molecule has 0 spiro atoms. The zero-order valence-corrected chi connectivity index (χ0v) is 15.8. The van der Waals surface area contributed by atoms with Gasteiger partial charge in [0.1, 0.15) is 0 Å². The lowest BCUT2D eigenvalue weighted by Crippen LogP contribution is -3.04. The predicted molar refractivity (Wildman–Crippen MR) is 110 cm³/mol. The molecular weight excluding hydrogens is 336 g/mol. The molecule has 4 rings (SSSR count). The van der Waals surface area contributed by atoms with Crippen LogP contribution in [0.2, 0.25) is 0 Å². The van der Waals surface area contributed by atoms with E-state index in [-0.39, 0.29) is 5.91 Å². The van der Waals surface area contributed by atoms with Gasteiger partial charge in [0.25, 0.3) is 5.91 Å². The molecule has 0 atom stereocenters. The Bertz CT molecular complexity index is 1060. The van der Waals surface area contributed by atoms with Gasteiger partial charge in [-0.05, 0) is 31.2 Å². The molecule has 0 saturated carbocycles. The Balaban J connectivity index is 1.76. The lowest BCUT2D eigenvalue weighted by molar-refractivity contribution is -0.882. The van der Waals surface area contributed by atoms with Crippen molar-refractivity contribution in [3.05, 3.63) is 71.9 Å². The third-order valence-corrected chi connectivity index (χ3v) is 4.67. The maximum atomic E-state index is 13.0. The van der Waals surface area contributed by atoms with E-state index in [1.807, 2.05) is 55.5 Å². The first-order valence-electron chi connectivity index (χ1n) is 9.08. The summed E-state index contributed by atoms with van der Waals surface area (Å²) < 4.78 is 2.23. The van der Waals surface area contributed by atoms with Crippen molar-refractivity contribution in [2.45, 2.75) is 13.6 Å². The number of anilines is 1. The molecule has 1 amide bonds. The van der Waals surface area contributed by atoms with E-state index in [9.17, 15) is 4.79 Å².